The molecule has 0 unspecified atom stereocenters. The molecule has 2 heterocycles. The van der Waals surface area contributed by atoms with Crippen molar-refractivity contribution in [1.29, 1.82) is 0 Å². The lowest BCUT2D eigenvalue weighted by molar-refractivity contribution is -0.141. The van der Waals surface area contributed by atoms with Gasteiger partial charge in [0.2, 0.25) is 17.6 Å². The fourth-order valence-corrected chi connectivity index (χ4v) is 8.74. The predicted molar refractivity (Wildman–Crippen MR) is 161 cm³/mol. The van der Waals surface area contributed by atoms with Gasteiger partial charge in [-0.05, 0) is 36.8 Å². The van der Waals surface area contributed by atoms with Crippen LogP contribution in [0.2, 0.25) is 0 Å². The summed E-state index contributed by atoms with van der Waals surface area (Å²) >= 11 is 14.2. The van der Waals surface area contributed by atoms with E-state index in [9.17, 15) is 37.5 Å². The number of carbonyl (C=O) groups is 4. The van der Waals surface area contributed by atoms with Gasteiger partial charge in [-0.1, -0.05) is 60.2 Å². The topological polar surface area (TPSA) is 95.0 Å². The third-order valence-corrected chi connectivity index (χ3v) is 11.5. The lowest BCUT2D eigenvalue weighted by atomic mass is 9.56. The number of carbonyl (C=O) groups excluding carboxylic acids is 4. The van der Waals surface area contributed by atoms with Gasteiger partial charge in [0, 0.05) is 11.5 Å². The van der Waals surface area contributed by atoms with E-state index < -0.39 is 98.2 Å². The second kappa shape index (κ2) is 10.9. The number of phenols is 1. The third-order valence-electron chi connectivity index (χ3n) is 10.1. The zero-order chi connectivity index (χ0) is 34.6. The van der Waals surface area contributed by atoms with Gasteiger partial charge < -0.3 is 5.11 Å². The average Bonchev–Trinajstić information content (AvgIpc) is 3.39. The van der Waals surface area contributed by atoms with E-state index in [1.54, 1.807) is 36.4 Å². The molecule has 1 saturated carbocycles. The van der Waals surface area contributed by atoms with Crippen molar-refractivity contribution in [2.24, 2.45) is 17.8 Å². The Morgan fingerprint density at radius 2 is 1.44 bits per heavy atom. The number of aromatic hydroxyl groups is 1. The van der Waals surface area contributed by atoms with Crippen LogP contribution in [0, 0.1) is 53.8 Å². The lowest BCUT2D eigenvalue weighted by Crippen LogP contribution is -2.60. The molecule has 6 atom stereocenters. The van der Waals surface area contributed by atoms with Crippen LogP contribution in [0.3, 0.4) is 0 Å². The molecule has 4 amide bonds. The maximum Gasteiger partial charge on any atom is 0.258 e. The molecule has 2 aliphatic carbocycles. The van der Waals surface area contributed by atoms with Crippen LogP contribution in [0.25, 0.3) is 0 Å². The van der Waals surface area contributed by atoms with Gasteiger partial charge in [-0.2, -0.15) is 0 Å². The van der Waals surface area contributed by atoms with Crippen LogP contribution in [-0.2, 0) is 25.7 Å². The van der Waals surface area contributed by atoms with E-state index >= 15 is 8.78 Å². The number of para-hydroxylation sites is 1. The van der Waals surface area contributed by atoms with Gasteiger partial charge in [0.25, 0.3) is 11.8 Å². The fourth-order valence-electron chi connectivity index (χ4n) is 7.81. The summed E-state index contributed by atoms with van der Waals surface area (Å²) in [6.07, 6.45) is 0.957. The van der Waals surface area contributed by atoms with Crippen LogP contribution < -0.4 is 4.90 Å². The number of benzene rings is 3. The van der Waals surface area contributed by atoms with Gasteiger partial charge in [0.15, 0.2) is 33.0 Å². The number of hydrogen-bond acceptors (Lipinski definition) is 5. The Morgan fingerprint density at radius 3 is 2.08 bits per heavy atom. The summed E-state index contributed by atoms with van der Waals surface area (Å²) in [7, 11) is 0. The molecule has 7 rings (SSSR count). The van der Waals surface area contributed by atoms with Crippen molar-refractivity contribution in [3.8, 4) is 5.75 Å². The SMILES string of the molecule is Cc1cccc([C@H]2C3=CC[C@@H]4C(=O)N(Cc5ccccc5)C(=O)[C@@H]4[C@@H]3C[C@@]3(Cl)C(=O)N(c4c(F)c(F)c(F)c(F)c4F)C(=O)[C@@]23Cl)c1O. The van der Waals surface area contributed by atoms with E-state index in [4.69, 9.17) is 23.2 Å². The van der Waals surface area contributed by atoms with Gasteiger partial charge in [-0.15, -0.1) is 23.2 Å². The standard InChI is InChI=1S/C34H23Cl2F5N2O5/c1-14-6-5-9-18(28(14)44)21-16-10-11-17-20(30(46)42(29(17)45)13-15-7-3-2-4-8-15)19(16)12-33(35)31(47)43(32(48)34(21,33)36)27-25(40)23(38)22(37)24(39)26(27)41/h2-10,17,19-21,44H,11-13H2,1H3/t17-,19+,20-,21+,33+,34-/m0/s1. The highest BCUT2D eigenvalue weighted by atomic mass is 35.5. The first-order chi connectivity index (χ1) is 22.7. The molecule has 2 saturated heterocycles. The summed E-state index contributed by atoms with van der Waals surface area (Å²) in [6, 6.07) is 13.1. The number of aryl methyl sites for hydroxylation is 1. The Bertz CT molecular complexity index is 1980. The summed E-state index contributed by atoms with van der Waals surface area (Å²) in [5, 5.41) is 11.2. The zero-order valence-corrected chi connectivity index (χ0v) is 26.3. The van der Waals surface area contributed by atoms with Gasteiger partial charge in [0.1, 0.15) is 11.4 Å². The molecule has 2 aliphatic heterocycles. The van der Waals surface area contributed by atoms with E-state index in [2.05, 4.69) is 0 Å². The van der Waals surface area contributed by atoms with Crippen molar-refractivity contribution in [3.63, 3.8) is 0 Å². The molecular formula is C34H23Cl2F5N2O5. The molecule has 0 aromatic heterocycles. The highest BCUT2D eigenvalue weighted by Crippen LogP contribution is 2.66. The maximum absolute atomic E-state index is 15.2. The number of likely N-dealkylation sites (tertiary alicyclic amines) is 1. The number of rotatable bonds is 4. The quantitative estimate of drug-likeness (QED) is 0.0877. The average molecular weight is 705 g/mol. The first-order valence-electron chi connectivity index (χ1n) is 14.8. The zero-order valence-electron chi connectivity index (χ0n) is 24.7. The largest absolute Gasteiger partial charge is 0.507 e. The lowest BCUT2D eigenvalue weighted by Gasteiger charge is -2.50. The van der Waals surface area contributed by atoms with Crippen LogP contribution in [-0.4, -0.2) is 43.4 Å². The molecule has 3 aromatic carbocycles. The Labute approximate surface area is 279 Å². The molecule has 0 radical (unpaired) electrons. The number of phenolic OH excluding ortho intramolecular Hbond substituents is 1. The minimum Gasteiger partial charge on any atom is -0.507 e. The molecule has 0 spiro atoms. The maximum atomic E-state index is 15.2. The molecule has 248 valence electrons. The Balaban J connectivity index is 1.42. The molecule has 3 aromatic rings. The number of alkyl halides is 2. The summed E-state index contributed by atoms with van der Waals surface area (Å²) in [4.78, 5) is 51.7. The first kappa shape index (κ1) is 32.3. The number of imide groups is 2. The van der Waals surface area contributed by atoms with Crippen LogP contribution >= 0.6 is 23.2 Å². The predicted octanol–water partition coefficient (Wildman–Crippen LogP) is 6.16. The number of hydrogen-bond donors (Lipinski definition) is 1. The van der Waals surface area contributed by atoms with E-state index in [1.165, 1.54) is 25.1 Å². The van der Waals surface area contributed by atoms with Gasteiger partial charge in [0.05, 0.1) is 18.4 Å². The molecule has 7 nitrogen and oxygen atoms in total. The fraction of sp³-hybridized carbons (Fsp3) is 0.294. The Hall–Kier alpha value is -4.29. The molecule has 1 N–H and O–H groups in total. The summed E-state index contributed by atoms with van der Waals surface area (Å²) < 4.78 is 73.1. The number of fused-ring (bicyclic) bond motifs is 4. The monoisotopic (exact) mass is 704 g/mol. The molecule has 0 bridgehead atoms. The van der Waals surface area contributed by atoms with Crippen molar-refractivity contribution in [3.05, 3.63) is 106 Å². The van der Waals surface area contributed by atoms with Gasteiger partial charge >= 0.3 is 0 Å². The minimum atomic E-state index is -2.71. The number of amides is 4. The minimum absolute atomic E-state index is 0.00118. The number of allylic oxidation sites excluding steroid dienone is 2. The Kier molecular flexibility index (Phi) is 7.30. The van der Waals surface area contributed by atoms with Crippen molar-refractivity contribution in [2.45, 2.75) is 42.0 Å². The van der Waals surface area contributed by atoms with E-state index in [0.29, 0.717) is 11.1 Å². The van der Waals surface area contributed by atoms with Gasteiger partial charge in [-0.3, -0.25) is 24.1 Å². The van der Waals surface area contributed by atoms with Crippen molar-refractivity contribution >= 4 is 52.5 Å². The van der Waals surface area contributed by atoms with E-state index in [0.717, 1.165) is 4.90 Å². The van der Waals surface area contributed by atoms with Crippen LogP contribution in [0.1, 0.15) is 35.4 Å². The van der Waals surface area contributed by atoms with Crippen LogP contribution in [0.4, 0.5) is 27.6 Å². The first-order valence-corrected chi connectivity index (χ1v) is 15.6. The normalized spacial score (nSPS) is 29.6. The highest BCUT2D eigenvalue weighted by Gasteiger charge is 2.77. The van der Waals surface area contributed by atoms with E-state index in [1.807, 2.05) is 0 Å². The van der Waals surface area contributed by atoms with Crippen molar-refractivity contribution in [1.82, 2.24) is 4.90 Å². The summed E-state index contributed by atoms with van der Waals surface area (Å²) in [6.45, 7) is 1.48. The van der Waals surface area contributed by atoms with Crippen molar-refractivity contribution < 1.29 is 46.2 Å². The highest BCUT2D eigenvalue weighted by molar-refractivity contribution is 6.58. The smallest absolute Gasteiger partial charge is 0.258 e. The van der Waals surface area contributed by atoms with Crippen LogP contribution in [0.5, 0.6) is 5.75 Å². The third kappa shape index (κ3) is 4.05. The summed E-state index contributed by atoms with van der Waals surface area (Å²) in [5.74, 6) is -21.5. The second-order valence-corrected chi connectivity index (χ2v) is 13.7. The molecular weight excluding hydrogens is 682 g/mol. The second-order valence-electron chi connectivity index (χ2n) is 12.5. The number of anilines is 1. The van der Waals surface area contributed by atoms with E-state index in [-0.39, 0.29) is 34.8 Å². The molecule has 48 heavy (non-hydrogen) atoms. The molecule has 4 aliphatic rings. The number of nitrogens with zero attached hydrogens (tertiary/aromatic N) is 2. The van der Waals surface area contributed by atoms with Gasteiger partial charge in [-0.25, -0.2) is 26.9 Å². The number of halogens is 7. The molecule has 14 heteroatoms. The van der Waals surface area contributed by atoms with Crippen LogP contribution in [0.15, 0.2) is 60.2 Å². The summed E-state index contributed by atoms with van der Waals surface area (Å²) in [5.41, 5.74) is -0.673. The van der Waals surface area contributed by atoms with Crippen molar-refractivity contribution in [2.75, 3.05) is 4.90 Å². The molecule has 3 fully saturated rings. The Morgan fingerprint density at radius 1 is 0.812 bits per heavy atom.